The maximum atomic E-state index is 13.4. The minimum Gasteiger partial charge on any atom is -0.368 e. The first-order valence-electron chi connectivity index (χ1n) is 11.3. The van der Waals surface area contributed by atoms with Crippen LogP contribution in [0.3, 0.4) is 0 Å². The lowest BCUT2D eigenvalue weighted by Crippen LogP contribution is -2.51. The van der Waals surface area contributed by atoms with Crippen LogP contribution in [-0.4, -0.2) is 56.3 Å². The van der Waals surface area contributed by atoms with Gasteiger partial charge in [0.1, 0.15) is 11.6 Å². The molecule has 3 aromatic carbocycles. The van der Waals surface area contributed by atoms with Gasteiger partial charge in [-0.15, -0.1) is 0 Å². The molecule has 3 aromatic rings. The lowest BCUT2D eigenvalue weighted by Gasteiger charge is -2.37. The van der Waals surface area contributed by atoms with Crippen LogP contribution in [0.4, 0.5) is 14.5 Å². The van der Waals surface area contributed by atoms with Gasteiger partial charge in [0.2, 0.25) is 15.9 Å². The highest BCUT2D eigenvalue weighted by molar-refractivity contribution is 7.89. The van der Waals surface area contributed by atoms with Crippen molar-refractivity contribution in [1.82, 2.24) is 9.21 Å². The van der Waals surface area contributed by atoms with Crippen LogP contribution < -0.4 is 4.90 Å². The molecule has 0 unspecified atom stereocenters. The van der Waals surface area contributed by atoms with Gasteiger partial charge in [-0.05, 0) is 61.0 Å². The first-order chi connectivity index (χ1) is 16.7. The summed E-state index contributed by atoms with van der Waals surface area (Å²) < 4.78 is 54.6. The van der Waals surface area contributed by atoms with Crippen molar-refractivity contribution in [3.05, 3.63) is 95.6 Å². The van der Waals surface area contributed by atoms with Crippen molar-refractivity contribution in [3.63, 3.8) is 0 Å². The fourth-order valence-corrected chi connectivity index (χ4v) is 5.37. The Balaban J connectivity index is 1.49. The number of nitrogens with zero attached hydrogens (tertiary/aromatic N) is 3. The van der Waals surface area contributed by atoms with E-state index in [0.29, 0.717) is 31.7 Å². The molecule has 1 heterocycles. The third-order valence-corrected chi connectivity index (χ3v) is 7.87. The van der Waals surface area contributed by atoms with Crippen molar-refractivity contribution < 1.29 is 22.0 Å². The fraction of sp³-hybridized carbons (Fsp3) is 0.269. The Labute approximate surface area is 204 Å². The molecule has 0 aromatic heterocycles. The van der Waals surface area contributed by atoms with Crippen LogP contribution in [-0.2, 0) is 21.4 Å². The van der Waals surface area contributed by atoms with Crippen LogP contribution in [0.15, 0.2) is 77.7 Å². The molecule has 1 aliphatic rings. The van der Waals surface area contributed by atoms with Crippen LogP contribution in [0.2, 0.25) is 0 Å². The Morgan fingerprint density at radius 1 is 0.829 bits per heavy atom. The van der Waals surface area contributed by atoms with Gasteiger partial charge in [-0.1, -0.05) is 29.8 Å². The van der Waals surface area contributed by atoms with E-state index in [1.165, 1.54) is 48.5 Å². The van der Waals surface area contributed by atoms with Gasteiger partial charge in [-0.2, -0.15) is 4.31 Å². The van der Waals surface area contributed by atoms with E-state index in [-0.39, 0.29) is 29.7 Å². The number of carbonyl (C=O) groups excluding carboxylic acids is 1. The second kappa shape index (κ2) is 10.5. The third kappa shape index (κ3) is 6.04. The minimum atomic E-state index is -3.97. The molecule has 0 atom stereocenters. The number of hydrogen-bond acceptors (Lipinski definition) is 4. The predicted molar refractivity (Wildman–Crippen MR) is 130 cm³/mol. The summed E-state index contributed by atoms with van der Waals surface area (Å²) in [6, 6.07) is 18.2. The van der Waals surface area contributed by atoms with Gasteiger partial charge in [0.25, 0.3) is 0 Å². The molecule has 0 spiro atoms. The number of amides is 1. The zero-order valence-corrected chi connectivity index (χ0v) is 20.2. The lowest BCUT2D eigenvalue weighted by atomic mass is 10.2. The normalized spacial score (nSPS) is 14.4. The number of benzene rings is 3. The summed E-state index contributed by atoms with van der Waals surface area (Å²) in [5, 5.41) is 0. The fourth-order valence-electron chi connectivity index (χ4n) is 4.00. The van der Waals surface area contributed by atoms with E-state index in [0.717, 1.165) is 15.6 Å². The van der Waals surface area contributed by atoms with E-state index < -0.39 is 15.8 Å². The molecule has 184 valence electrons. The highest BCUT2D eigenvalue weighted by Gasteiger charge is 2.30. The molecule has 0 bridgehead atoms. The molecule has 9 heteroatoms. The molecule has 1 amide bonds. The molecule has 35 heavy (non-hydrogen) atoms. The average Bonchev–Trinajstić information content (AvgIpc) is 2.86. The van der Waals surface area contributed by atoms with Crippen molar-refractivity contribution in [2.24, 2.45) is 0 Å². The Kier molecular flexibility index (Phi) is 7.47. The molecule has 1 fully saturated rings. The van der Waals surface area contributed by atoms with Crippen LogP contribution in [0.5, 0.6) is 0 Å². The van der Waals surface area contributed by atoms with E-state index in [1.54, 1.807) is 29.2 Å². The van der Waals surface area contributed by atoms with E-state index in [2.05, 4.69) is 4.90 Å². The van der Waals surface area contributed by atoms with Gasteiger partial charge in [0.05, 0.1) is 11.4 Å². The zero-order chi connectivity index (χ0) is 25.0. The van der Waals surface area contributed by atoms with Crippen molar-refractivity contribution in [1.29, 1.82) is 0 Å². The average molecular weight is 500 g/mol. The highest BCUT2D eigenvalue weighted by atomic mass is 32.2. The summed E-state index contributed by atoms with van der Waals surface area (Å²) in [6.07, 6.45) is 0. The van der Waals surface area contributed by atoms with Crippen molar-refractivity contribution >= 4 is 21.6 Å². The molecule has 4 rings (SSSR count). The number of rotatable bonds is 7. The van der Waals surface area contributed by atoms with E-state index in [1.807, 2.05) is 6.92 Å². The molecular formula is C26H27F2N3O3S. The Bertz CT molecular complexity index is 1260. The molecule has 1 aliphatic heterocycles. The first kappa shape index (κ1) is 24.8. The third-order valence-electron chi connectivity index (χ3n) is 6.07. The maximum Gasteiger partial charge on any atom is 0.243 e. The SMILES string of the molecule is Cc1ccc(S(=O)(=O)N(CC(=O)N2CCN(c3ccc(F)cc3)CC2)Cc2ccc(F)cc2)cc1. The van der Waals surface area contributed by atoms with E-state index in [9.17, 15) is 22.0 Å². The van der Waals surface area contributed by atoms with Crippen LogP contribution in [0, 0.1) is 18.6 Å². The molecule has 6 nitrogen and oxygen atoms in total. The van der Waals surface area contributed by atoms with Crippen LogP contribution in [0.1, 0.15) is 11.1 Å². The molecule has 0 saturated carbocycles. The number of aryl methyl sites for hydroxylation is 1. The predicted octanol–water partition coefficient (Wildman–Crippen LogP) is 3.81. The van der Waals surface area contributed by atoms with Crippen LogP contribution in [0.25, 0.3) is 0 Å². The summed E-state index contributed by atoms with van der Waals surface area (Å²) in [5.74, 6) is -1.03. The number of anilines is 1. The van der Waals surface area contributed by atoms with Gasteiger partial charge in [-0.25, -0.2) is 17.2 Å². The molecule has 0 radical (unpaired) electrons. The minimum absolute atomic E-state index is 0.0578. The second-order valence-electron chi connectivity index (χ2n) is 8.56. The lowest BCUT2D eigenvalue weighted by molar-refractivity contribution is -0.131. The quantitative estimate of drug-likeness (QED) is 0.496. The van der Waals surface area contributed by atoms with Crippen LogP contribution >= 0.6 is 0 Å². The number of carbonyl (C=O) groups is 1. The number of piperazine rings is 1. The summed E-state index contributed by atoms with van der Waals surface area (Å²) in [7, 11) is -3.97. The number of hydrogen-bond donors (Lipinski definition) is 0. The zero-order valence-electron chi connectivity index (χ0n) is 19.4. The highest BCUT2D eigenvalue weighted by Crippen LogP contribution is 2.21. The molecule has 0 N–H and O–H groups in total. The van der Waals surface area contributed by atoms with Crippen molar-refractivity contribution in [2.45, 2.75) is 18.4 Å². The summed E-state index contributed by atoms with van der Waals surface area (Å²) in [5.41, 5.74) is 2.37. The Hall–Kier alpha value is -3.30. The molecule has 1 saturated heterocycles. The monoisotopic (exact) mass is 499 g/mol. The number of sulfonamides is 1. The Morgan fingerprint density at radius 2 is 1.37 bits per heavy atom. The van der Waals surface area contributed by atoms with E-state index in [4.69, 9.17) is 0 Å². The van der Waals surface area contributed by atoms with Gasteiger partial charge in [0.15, 0.2) is 0 Å². The summed E-state index contributed by atoms with van der Waals surface area (Å²) in [6.45, 7) is 3.43. The van der Waals surface area contributed by atoms with Gasteiger partial charge in [-0.3, -0.25) is 4.79 Å². The van der Waals surface area contributed by atoms with E-state index >= 15 is 0 Å². The smallest absolute Gasteiger partial charge is 0.243 e. The van der Waals surface area contributed by atoms with Crippen molar-refractivity contribution in [2.75, 3.05) is 37.6 Å². The molecule has 0 aliphatic carbocycles. The van der Waals surface area contributed by atoms with Gasteiger partial charge in [0, 0.05) is 38.4 Å². The topological polar surface area (TPSA) is 60.9 Å². The Morgan fingerprint density at radius 3 is 1.94 bits per heavy atom. The first-order valence-corrected chi connectivity index (χ1v) is 12.8. The molecular weight excluding hydrogens is 472 g/mol. The van der Waals surface area contributed by atoms with Crippen molar-refractivity contribution in [3.8, 4) is 0 Å². The summed E-state index contributed by atoms with van der Waals surface area (Å²) in [4.78, 5) is 17.0. The second-order valence-corrected chi connectivity index (χ2v) is 10.5. The maximum absolute atomic E-state index is 13.4. The van der Waals surface area contributed by atoms with Gasteiger partial charge < -0.3 is 9.80 Å². The largest absolute Gasteiger partial charge is 0.368 e. The van der Waals surface area contributed by atoms with Gasteiger partial charge >= 0.3 is 0 Å². The summed E-state index contributed by atoms with van der Waals surface area (Å²) >= 11 is 0. The number of halogens is 2. The standard InChI is InChI=1S/C26H27F2N3O3S/c1-20-2-12-25(13-3-20)35(33,34)31(18-21-4-6-22(27)7-5-21)19-26(32)30-16-14-29(15-17-30)24-10-8-23(28)9-11-24/h2-13H,14-19H2,1H3.